The lowest BCUT2D eigenvalue weighted by Crippen LogP contribution is -2.38. The number of hydrogen-bond donors (Lipinski definition) is 0. The second kappa shape index (κ2) is 5.19. The molecule has 0 rings (SSSR count). The van der Waals surface area contributed by atoms with Crippen LogP contribution in [-0.2, 0) is 0 Å². The molecule has 0 spiro atoms. The lowest BCUT2D eigenvalue weighted by Gasteiger charge is -2.47. The van der Waals surface area contributed by atoms with Crippen LogP contribution in [0.15, 0.2) is 0 Å². The summed E-state index contributed by atoms with van der Waals surface area (Å²) in [7, 11) is 0. The Bertz CT molecular complexity index is 153. The van der Waals surface area contributed by atoms with Gasteiger partial charge in [0.25, 0.3) is 0 Å². The fraction of sp³-hybridized carbons (Fsp3) is 1.00. The molecule has 0 nitrogen and oxygen atoms in total. The van der Waals surface area contributed by atoms with Crippen LogP contribution >= 0.6 is 0 Å². The van der Waals surface area contributed by atoms with Crippen LogP contribution in [0.2, 0.25) is 0 Å². The van der Waals surface area contributed by atoms with Gasteiger partial charge in [-0.05, 0) is 16.7 Å². The largest absolute Gasteiger partial charge is 0.0654 e. The van der Waals surface area contributed by atoms with Crippen molar-refractivity contribution in [1.82, 2.24) is 0 Å². The molecule has 0 aromatic carbocycles. The fourth-order valence-corrected chi connectivity index (χ4v) is 2.43. The van der Waals surface area contributed by atoms with Gasteiger partial charge >= 0.3 is 0 Å². The second-order valence-electron chi connectivity index (χ2n) is 5.85. The molecule has 0 aliphatic rings. The maximum Gasteiger partial charge on any atom is -0.0275 e. The summed E-state index contributed by atoms with van der Waals surface area (Å²) in [6.45, 7) is 16.7. The molecular weight excluding hydrogens is 168 g/mol. The Morgan fingerprint density at radius 1 is 0.929 bits per heavy atom. The Morgan fingerprint density at radius 3 is 1.71 bits per heavy atom. The van der Waals surface area contributed by atoms with Gasteiger partial charge in [0.15, 0.2) is 0 Å². The molecule has 0 heterocycles. The van der Waals surface area contributed by atoms with E-state index in [2.05, 4.69) is 48.5 Å². The Balaban J connectivity index is 4.70. The first-order chi connectivity index (χ1) is 6.33. The Morgan fingerprint density at radius 2 is 1.43 bits per heavy atom. The van der Waals surface area contributed by atoms with Crippen LogP contribution in [0.3, 0.4) is 0 Å². The molecule has 0 aromatic rings. The topological polar surface area (TPSA) is 0 Å². The minimum Gasteiger partial charge on any atom is -0.0654 e. The normalized spacial score (nSPS) is 15.6. The van der Waals surface area contributed by atoms with Gasteiger partial charge in [-0.15, -0.1) is 0 Å². The van der Waals surface area contributed by atoms with E-state index in [0.717, 1.165) is 5.92 Å². The molecule has 0 N–H and O–H groups in total. The van der Waals surface area contributed by atoms with Crippen molar-refractivity contribution in [1.29, 1.82) is 0 Å². The van der Waals surface area contributed by atoms with Gasteiger partial charge in [-0.3, -0.25) is 0 Å². The smallest absolute Gasteiger partial charge is 0.0275 e. The van der Waals surface area contributed by atoms with E-state index < -0.39 is 0 Å². The van der Waals surface area contributed by atoms with Crippen LogP contribution in [0, 0.1) is 16.7 Å². The minimum atomic E-state index is 0.461. The van der Waals surface area contributed by atoms with E-state index in [0.29, 0.717) is 10.8 Å². The van der Waals surface area contributed by atoms with E-state index in [1.54, 1.807) is 0 Å². The summed E-state index contributed by atoms with van der Waals surface area (Å²) >= 11 is 0. The Kier molecular flexibility index (Phi) is 5.19. The Hall–Kier alpha value is 0. The predicted molar refractivity (Wildman–Crippen MR) is 66.5 cm³/mol. The quantitative estimate of drug-likeness (QED) is 0.545. The first-order valence-electron chi connectivity index (χ1n) is 6.33. The molecule has 0 radical (unpaired) electrons. The average Bonchev–Trinajstić information content (AvgIpc) is 2.13. The van der Waals surface area contributed by atoms with Crippen LogP contribution in [0.4, 0.5) is 0 Å². The lowest BCUT2D eigenvalue weighted by molar-refractivity contribution is 0.0280. The predicted octanol–water partition coefficient (Wildman–Crippen LogP) is 5.28. The molecule has 86 valence electrons. The molecule has 0 aromatic heterocycles. The SMILES string of the molecule is CCCC(CC)C(C)(C)C(C)(C)CC. The molecule has 0 saturated carbocycles. The van der Waals surface area contributed by atoms with Gasteiger partial charge in [0.05, 0.1) is 0 Å². The van der Waals surface area contributed by atoms with E-state index in [4.69, 9.17) is 0 Å². The summed E-state index contributed by atoms with van der Waals surface area (Å²) in [6.07, 6.45) is 5.30. The van der Waals surface area contributed by atoms with Gasteiger partial charge in [-0.1, -0.05) is 74.1 Å². The van der Waals surface area contributed by atoms with Crippen LogP contribution in [0.5, 0.6) is 0 Å². The van der Waals surface area contributed by atoms with Crippen molar-refractivity contribution < 1.29 is 0 Å². The van der Waals surface area contributed by atoms with Gasteiger partial charge in [0.2, 0.25) is 0 Å². The maximum atomic E-state index is 2.46. The van der Waals surface area contributed by atoms with Crippen molar-refractivity contribution in [2.45, 2.75) is 74.1 Å². The van der Waals surface area contributed by atoms with Crippen molar-refractivity contribution in [2.75, 3.05) is 0 Å². The van der Waals surface area contributed by atoms with Crippen LogP contribution in [0.1, 0.15) is 74.1 Å². The van der Waals surface area contributed by atoms with Crippen LogP contribution < -0.4 is 0 Å². The summed E-state index contributed by atoms with van der Waals surface area (Å²) in [5, 5.41) is 0. The molecule has 0 aliphatic heterocycles. The van der Waals surface area contributed by atoms with Gasteiger partial charge in [0, 0.05) is 0 Å². The van der Waals surface area contributed by atoms with Crippen molar-refractivity contribution in [3.8, 4) is 0 Å². The maximum absolute atomic E-state index is 2.46. The van der Waals surface area contributed by atoms with Crippen molar-refractivity contribution in [3.63, 3.8) is 0 Å². The molecular formula is C14H30. The third-order valence-electron chi connectivity index (χ3n) is 4.78. The summed E-state index contributed by atoms with van der Waals surface area (Å²) in [4.78, 5) is 0. The zero-order valence-corrected chi connectivity index (χ0v) is 11.4. The monoisotopic (exact) mass is 198 g/mol. The van der Waals surface area contributed by atoms with Crippen molar-refractivity contribution in [3.05, 3.63) is 0 Å². The van der Waals surface area contributed by atoms with E-state index in [9.17, 15) is 0 Å². The molecule has 0 aliphatic carbocycles. The third kappa shape index (κ3) is 2.74. The lowest BCUT2D eigenvalue weighted by atomic mass is 9.58. The van der Waals surface area contributed by atoms with E-state index in [-0.39, 0.29) is 0 Å². The molecule has 0 amide bonds. The van der Waals surface area contributed by atoms with Crippen molar-refractivity contribution >= 4 is 0 Å². The minimum absolute atomic E-state index is 0.461. The molecule has 0 fully saturated rings. The fourth-order valence-electron chi connectivity index (χ4n) is 2.43. The van der Waals surface area contributed by atoms with E-state index >= 15 is 0 Å². The molecule has 0 heteroatoms. The van der Waals surface area contributed by atoms with Gasteiger partial charge in [-0.2, -0.15) is 0 Å². The first-order valence-corrected chi connectivity index (χ1v) is 6.33. The highest BCUT2D eigenvalue weighted by atomic mass is 14.4. The Labute approximate surface area is 91.5 Å². The standard InChI is InChI=1S/C14H30/c1-8-11-12(9-2)14(6,7)13(4,5)10-3/h12H,8-11H2,1-7H3. The average molecular weight is 198 g/mol. The number of hydrogen-bond acceptors (Lipinski definition) is 0. The van der Waals surface area contributed by atoms with Crippen LogP contribution in [0.25, 0.3) is 0 Å². The molecule has 1 atom stereocenters. The van der Waals surface area contributed by atoms with Gasteiger partial charge < -0.3 is 0 Å². The molecule has 0 bridgehead atoms. The summed E-state index contributed by atoms with van der Waals surface area (Å²) in [5.41, 5.74) is 0.926. The van der Waals surface area contributed by atoms with E-state index in [1.807, 2.05) is 0 Å². The molecule has 1 unspecified atom stereocenters. The van der Waals surface area contributed by atoms with Crippen molar-refractivity contribution in [2.24, 2.45) is 16.7 Å². The zero-order valence-electron chi connectivity index (χ0n) is 11.4. The highest BCUT2D eigenvalue weighted by molar-refractivity contribution is 4.89. The van der Waals surface area contributed by atoms with E-state index in [1.165, 1.54) is 25.7 Å². The highest BCUT2D eigenvalue weighted by Gasteiger charge is 2.40. The molecule has 0 saturated heterocycles. The summed E-state index contributed by atoms with van der Waals surface area (Å²) in [5.74, 6) is 0.877. The zero-order chi connectivity index (χ0) is 11.4. The summed E-state index contributed by atoms with van der Waals surface area (Å²) in [6, 6.07) is 0. The first kappa shape index (κ1) is 14.0. The highest BCUT2D eigenvalue weighted by Crippen LogP contribution is 2.49. The van der Waals surface area contributed by atoms with Gasteiger partial charge in [0.1, 0.15) is 0 Å². The summed E-state index contributed by atoms with van der Waals surface area (Å²) < 4.78 is 0. The van der Waals surface area contributed by atoms with Gasteiger partial charge in [-0.25, -0.2) is 0 Å². The molecule has 14 heavy (non-hydrogen) atoms. The number of rotatable bonds is 6. The third-order valence-corrected chi connectivity index (χ3v) is 4.78. The second-order valence-corrected chi connectivity index (χ2v) is 5.85. The van der Waals surface area contributed by atoms with Crippen LogP contribution in [-0.4, -0.2) is 0 Å².